The van der Waals surface area contributed by atoms with Crippen LogP contribution in [0, 0.1) is 6.92 Å². The van der Waals surface area contributed by atoms with E-state index in [0.29, 0.717) is 31.7 Å². The molecule has 4 rings (SSSR count). The number of imidazole rings is 1. The van der Waals surface area contributed by atoms with Crippen molar-refractivity contribution in [3.63, 3.8) is 0 Å². The molecule has 39 heavy (non-hydrogen) atoms. The Kier molecular flexibility index (Phi) is 9.10. The van der Waals surface area contributed by atoms with E-state index in [-0.39, 0.29) is 43.3 Å². The number of ether oxygens (including phenoxy) is 3. The molecule has 12 heteroatoms. The standard InChI is InChI=1S/C27H34N6O6/c1-5-10-32-25(34)22-24(31(6-2)26(32)35)29-23(33(22)27(36)39-14-13-38-12-11-37-4)21-16-28-30(18-21)17-20-9-7-8-19(3)15-20/h7-9,15-16,18H,5-6,10-14,17H2,1-4H3. The highest BCUT2D eigenvalue weighted by Crippen LogP contribution is 2.23. The van der Waals surface area contributed by atoms with Gasteiger partial charge in [-0.2, -0.15) is 5.10 Å². The number of carbonyl (C=O) groups excluding carboxylic acids is 1. The molecule has 0 N–H and O–H groups in total. The summed E-state index contributed by atoms with van der Waals surface area (Å²) in [6.45, 7) is 7.57. The molecule has 1 aromatic carbocycles. The zero-order valence-corrected chi connectivity index (χ0v) is 22.8. The molecular formula is C27H34N6O6. The number of aromatic nitrogens is 6. The van der Waals surface area contributed by atoms with E-state index in [9.17, 15) is 14.4 Å². The molecule has 0 saturated carbocycles. The van der Waals surface area contributed by atoms with Crippen molar-refractivity contribution in [1.29, 1.82) is 0 Å². The Morgan fingerprint density at radius 2 is 1.85 bits per heavy atom. The van der Waals surface area contributed by atoms with Crippen molar-refractivity contribution in [3.8, 4) is 11.4 Å². The molecule has 3 aromatic heterocycles. The average molecular weight is 539 g/mol. The summed E-state index contributed by atoms with van der Waals surface area (Å²) in [4.78, 5) is 44.6. The molecule has 12 nitrogen and oxygen atoms in total. The van der Waals surface area contributed by atoms with Gasteiger partial charge in [0.1, 0.15) is 6.61 Å². The molecule has 0 aliphatic carbocycles. The molecule has 3 heterocycles. The molecule has 0 spiro atoms. The first kappa shape index (κ1) is 28.0. The largest absolute Gasteiger partial charge is 0.446 e. The third-order valence-electron chi connectivity index (χ3n) is 6.17. The Morgan fingerprint density at radius 1 is 1.05 bits per heavy atom. The van der Waals surface area contributed by atoms with Crippen LogP contribution in [0.25, 0.3) is 22.6 Å². The number of aryl methyl sites for hydroxylation is 2. The molecule has 4 aromatic rings. The Morgan fingerprint density at radius 3 is 2.56 bits per heavy atom. The topological polar surface area (TPSA) is 124 Å². The molecule has 0 amide bonds. The highest BCUT2D eigenvalue weighted by Gasteiger charge is 2.27. The minimum absolute atomic E-state index is 0.0170. The molecule has 0 atom stereocenters. The zero-order valence-electron chi connectivity index (χ0n) is 22.8. The predicted octanol–water partition coefficient (Wildman–Crippen LogP) is 2.66. The number of rotatable bonds is 12. The molecule has 0 saturated heterocycles. The number of nitrogens with zero attached hydrogens (tertiary/aromatic N) is 6. The molecular weight excluding hydrogens is 504 g/mol. The Hall–Kier alpha value is -4.03. The van der Waals surface area contributed by atoms with Crippen LogP contribution in [-0.2, 0) is 33.8 Å². The third-order valence-corrected chi connectivity index (χ3v) is 6.17. The van der Waals surface area contributed by atoms with Crippen LogP contribution in [0.4, 0.5) is 4.79 Å². The van der Waals surface area contributed by atoms with E-state index in [2.05, 4.69) is 16.1 Å². The Balaban J connectivity index is 1.79. The minimum atomic E-state index is -0.796. The summed E-state index contributed by atoms with van der Waals surface area (Å²) in [5, 5.41) is 4.45. The summed E-state index contributed by atoms with van der Waals surface area (Å²) < 4.78 is 21.2. The normalized spacial score (nSPS) is 11.4. The highest BCUT2D eigenvalue weighted by molar-refractivity contribution is 5.90. The predicted molar refractivity (Wildman–Crippen MR) is 145 cm³/mol. The number of carbonyl (C=O) groups is 1. The fourth-order valence-electron chi connectivity index (χ4n) is 4.38. The summed E-state index contributed by atoms with van der Waals surface area (Å²) >= 11 is 0. The van der Waals surface area contributed by atoms with Gasteiger partial charge in [0, 0.05) is 26.4 Å². The summed E-state index contributed by atoms with van der Waals surface area (Å²) in [5.74, 6) is 0.166. The average Bonchev–Trinajstić information content (AvgIpc) is 3.54. The van der Waals surface area contributed by atoms with Gasteiger partial charge in [0.15, 0.2) is 17.0 Å². The van der Waals surface area contributed by atoms with Crippen molar-refractivity contribution >= 4 is 17.3 Å². The van der Waals surface area contributed by atoms with Gasteiger partial charge in [-0.05, 0) is 25.8 Å². The van der Waals surface area contributed by atoms with E-state index >= 15 is 0 Å². The summed E-state index contributed by atoms with van der Waals surface area (Å²) in [5.41, 5.74) is 1.74. The van der Waals surface area contributed by atoms with Gasteiger partial charge in [-0.25, -0.2) is 19.1 Å². The fourth-order valence-corrected chi connectivity index (χ4v) is 4.38. The van der Waals surface area contributed by atoms with Crippen LogP contribution in [0.2, 0.25) is 0 Å². The van der Waals surface area contributed by atoms with E-state index in [1.807, 2.05) is 32.0 Å². The number of fused-ring (bicyclic) bond motifs is 1. The smallest absolute Gasteiger partial charge is 0.420 e. The quantitative estimate of drug-likeness (QED) is 0.252. The molecule has 0 aliphatic heterocycles. The summed E-state index contributed by atoms with van der Waals surface area (Å²) in [7, 11) is 1.57. The lowest BCUT2D eigenvalue weighted by Gasteiger charge is -2.11. The van der Waals surface area contributed by atoms with Gasteiger partial charge in [-0.3, -0.25) is 18.6 Å². The van der Waals surface area contributed by atoms with Crippen LogP contribution in [0.5, 0.6) is 0 Å². The fraction of sp³-hybridized carbons (Fsp3) is 0.444. The second-order valence-electron chi connectivity index (χ2n) is 9.06. The van der Waals surface area contributed by atoms with Crippen molar-refractivity contribution in [2.24, 2.45) is 0 Å². The van der Waals surface area contributed by atoms with Crippen LogP contribution in [0.15, 0.2) is 46.2 Å². The van der Waals surface area contributed by atoms with Gasteiger partial charge >= 0.3 is 11.8 Å². The first-order chi connectivity index (χ1) is 18.9. The zero-order chi connectivity index (χ0) is 27.9. The van der Waals surface area contributed by atoms with Gasteiger partial charge in [-0.1, -0.05) is 36.8 Å². The number of methoxy groups -OCH3 is 1. The van der Waals surface area contributed by atoms with Crippen LogP contribution < -0.4 is 11.2 Å². The maximum Gasteiger partial charge on any atom is 0.420 e. The van der Waals surface area contributed by atoms with Gasteiger partial charge < -0.3 is 14.2 Å². The van der Waals surface area contributed by atoms with E-state index in [1.165, 1.54) is 4.57 Å². The summed E-state index contributed by atoms with van der Waals surface area (Å²) in [6.07, 6.45) is 3.10. The van der Waals surface area contributed by atoms with Gasteiger partial charge in [0.05, 0.1) is 38.1 Å². The molecule has 0 fully saturated rings. The van der Waals surface area contributed by atoms with Gasteiger partial charge in [0.2, 0.25) is 0 Å². The first-order valence-corrected chi connectivity index (χ1v) is 13.0. The summed E-state index contributed by atoms with van der Waals surface area (Å²) in [6, 6.07) is 8.08. The SMILES string of the molecule is CCCn1c(=O)c2c(nc(-c3cnn(Cc4cccc(C)c4)c3)n2C(=O)OCCOCCOC)n(CC)c1=O. The van der Waals surface area contributed by atoms with Crippen molar-refractivity contribution in [2.45, 2.75) is 46.8 Å². The lowest BCUT2D eigenvalue weighted by atomic mass is 10.1. The second kappa shape index (κ2) is 12.7. The molecule has 0 aliphatic rings. The second-order valence-corrected chi connectivity index (χ2v) is 9.06. The molecule has 0 unspecified atom stereocenters. The number of hydrogen-bond acceptors (Lipinski definition) is 8. The van der Waals surface area contributed by atoms with Gasteiger partial charge in [0.25, 0.3) is 5.56 Å². The third kappa shape index (κ3) is 6.02. The van der Waals surface area contributed by atoms with Crippen LogP contribution >= 0.6 is 0 Å². The lowest BCUT2D eigenvalue weighted by Crippen LogP contribution is -2.40. The van der Waals surface area contributed by atoms with Crippen molar-refractivity contribution in [2.75, 3.05) is 33.5 Å². The number of benzene rings is 1. The van der Waals surface area contributed by atoms with Crippen molar-refractivity contribution in [3.05, 3.63) is 68.6 Å². The Labute approximate surface area is 225 Å². The van der Waals surface area contributed by atoms with Crippen molar-refractivity contribution in [1.82, 2.24) is 28.5 Å². The molecule has 208 valence electrons. The monoisotopic (exact) mass is 538 g/mol. The van der Waals surface area contributed by atoms with Crippen molar-refractivity contribution < 1.29 is 19.0 Å². The Bertz CT molecular complexity index is 1560. The van der Waals surface area contributed by atoms with Crippen LogP contribution in [0.1, 0.15) is 31.4 Å². The van der Waals surface area contributed by atoms with Crippen LogP contribution in [-0.4, -0.2) is 68.1 Å². The molecule has 0 bridgehead atoms. The van der Waals surface area contributed by atoms with Gasteiger partial charge in [-0.15, -0.1) is 0 Å². The maximum absolute atomic E-state index is 13.5. The van der Waals surface area contributed by atoms with E-state index in [4.69, 9.17) is 14.2 Å². The van der Waals surface area contributed by atoms with Crippen LogP contribution in [0.3, 0.4) is 0 Å². The van der Waals surface area contributed by atoms with E-state index in [0.717, 1.165) is 20.3 Å². The number of hydrogen-bond donors (Lipinski definition) is 0. The lowest BCUT2D eigenvalue weighted by molar-refractivity contribution is 0.0426. The van der Waals surface area contributed by atoms with E-state index < -0.39 is 17.3 Å². The highest BCUT2D eigenvalue weighted by atomic mass is 16.6. The van der Waals surface area contributed by atoms with E-state index in [1.54, 1.807) is 31.1 Å². The minimum Gasteiger partial charge on any atom is -0.446 e. The molecule has 0 radical (unpaired) electrons. The maximum atomic E-state index is 13.5. The first-order valence-electron chi connectivity index (χ1n) is 13.0.